The first-order chi connectivity index (χ1) is 8.79. The van der Waals surface area contributed by atoms with Gasteiger partial charge in [0.15, 0.2) is 0 Å². The molecule has 1 fully saturated rings. The van der Waals surface area contributed by atoms with Crippen molar-refractivity contribution >= 4 is 0 Å². The Morgan fingerprint density at radius 2 is 2.00 bits per heavy atom. The Balaban J connectivity index is 1.90. The summed E-state index contributed by atoms with van der Waals surface area (Å²) in [5.74, 6) is 0. The summed E-state index contributed by atoms with van der Waals surface area (Å²) in [7, 11) is 1.99. The molecule has 0 aliphatic heterocycles. The molecule has 1 N–H and O–H groups in total. The Bertz CT molecular complexity index is 523. The van der Waals surface area contributed by atoms with Gasteiger partial charge in [0.1, 0.15) is 0 Å². The van der Waals surface area contributed by atoms with Crippen molar-refractivity contribution in [1.82, 2.24) is 14.9 Å². The molecule has 3 nitrogen and oxygen atoms in total. The fraction of sp³-hybridized carbons (Fsp3) is 0.400. The van der Waals surface area contributed by atoms with Crippen LogP contribution in [0.5, 0.6) is 0 Å². The number of nitrogens with one attached hydrogen (secondary N) is 1. The number of benzene rings is 1. The maximum atomic E-state index is 4.28. The molecule has 1 aromatic heterocycles. The van der Waals surface area contributed by atoms with Gasteiger partial charge in [0.05, 0.1) is 18.2 Å². The van der Waals surface area contributed by atoms with E-state index in [1.165, 1.54) is 29.7 Å². The van der Waals surface area contributed by atoms with Crippen LogP contribution in [0, 0.1) is 0 Å². The topological polar surface area (TPSA) is 29.9 Å². The molecule has 0 bridgehead atoms. The van der Waals surface area contributed by atoms with Gasteiger partial charge in [-0.25, -0.2) is 4.98 Å². The Hall–Kier alpha value is -1.61. The molecule has 0 saturated heterocycles. The number of hydrogen-bond donors (Lipinski definition) is 1. The molecule has 1 atom stereocenters. The first kappa shape index (κ1) is 11.5. The summed E-state index contributed by atoms with van der Waals surface area (Å²) in [5, 5.41) is 3.26. The van der Waals surface area contributed by atoms with Gasteiger partial charge in [0.25, 0.3) is 0 Å². The fourth-order valence-corrected chi connectivity index (χ4v) is 2.28. The van der Waals surface area contributed by atoms with E-state index >= 15 is 0 Å². The molecule has 1 heterocycles. The van der Waals surface area contributed by atoms with Gasteiger partial charge < -0.3 is 9.88 Å². The van der Waals surface area contributed by atoms with Crippen molar-refractivity contribution in [2.45, 2.75) is 31.8 Å². The summed E-state index contributed by atoms with van der Waals surface area (Å²) in [6, 6.07) is 9.85. The zero-order valence-electron chi connectivity index (χ0n) is 10.9. The van der Waals surface area contributed by atoms with E-state index in [0.29, 0.717) is 12.1 Å². The van der Waals surface area contributed by atoms with Crippen molar-refractivity contribution < 1.29 is 0 Å². The minimum absolute atomic E-state index is 0.396. The van der Waals surface area contributed by atoms with Crippen LogP contribution < -0.4 is 5.32 Å². The summed E-state index contributed by atoms with van der Waals surface area (Å²) in [6.45, 7) is 2.17. The minimum Gasteiger partial charge on any atom is -0.328 e. The molecule has 94 valence electrons. The van der Waals surface area contributed by atoms with Crippen molar-refractivity contribution in [3.8, 4) is 11.3 Å². The van der Waals surface area contributed by atoms with Crippen LogP contribution in [-0.4, -0.2) is 16.6 Å². The van der Waals surface area contributed by atoms with E-state index in [0.717, 1.165) is 0 Å². The highest BCUT2D eigenvalue weighted by Gasteiger charge is 2.25. The molecule has 0 radical (unpaired) electrons. The monoisotopic (exact) mass is 241 g/mol. The molecule has 2 aromatic rings. The molecule has 18 heavy (non-hydrogen) atoms. The zero-order valence-corrected chi connectivity index (χ0v) is 10.9. The van der Waals surface area contributed by atoms with Crippen LogP contribution in [0.25, 0.3) is 11.3 Å². The highest BCUT2D eigenvalue weighted by Crippen LogP contribution is 2.38. The van der Waals surface area contributed by atoms with Gasteiger partial charge in [-0.15, -0.1) is 0 Å². The van der Waals surface area contributed by atoms with Gasteiger partial charge in [-0.05, 0) is 37.9 Å². The SMILES string of the molecule is CNC(C)c1ccc(-c2cncn2C2CC2)cc1. The Morgan fingerprint density at radius 1 is 1.28 bits per heavy atom. The van der Waals surface area contributed by atoms with Gasteiger partial charge in [-0.3, -0.25) is 0 Å². The van der Waals surface area contributed by atoms with Crippen LogP contribution >= 0.6 is 0 Å². The molecular formula is C15H19N3. The van der Waals surface area contributed by atoms with Crippen molar-refractivity contribution in [3.63, 3.8) is 0 Å². The number of aromatic nitrogens is 2. The van der Waals surface area contributed by atoms with Crippen molar-refractivity contribution in [2.24, 2.45) is 0 Å². The summed E-state index contributed by atoms with van der Waals surface area (Å²) >= 11 is 0. The molecule has 0 spiro atoms. The van der Waals surface area contributed by atoms with E-state index in [4.69, 9.17) is 0 Å². The van der Waals surface area contributed by atoms with E-state index in [2.05, 4.69) is 46.1 Å². The number of hydrogen-bond acceptors (Lipinski definition) is 2. The molecule has 1 aliphatic rings. The first-order valence-corrected chi connectivity index (χ1v) is 6.59. The lowest BCUT2D eigenvalue weighted by Crippen LogP contribution is -2.11. The predicted molar refractivity (Wildman–Crippen MR) is 73.4 cm³/mol. The standard InChI is InChI=1S/C15H19N3/c1-11(16-2)12-3-5-13(6-4-12)15-9-17-10-18(15)14-7-8-14/h3-6,9-11,14,16H,7-8H2,1-2H3. The van der Waals surface area contributed by atoms with Crippen LogP contribution in [0.2, 0.25) is 0 Å². The molecule has 1 unspecified atom stereocenters. The molecule has 3 rings (SSSR count). The minimum atomic E-state index is 0.396. The molecular weight excluding hydrogens is 222 g/mol. The second kappa shape index (κ2) is 4.58. The van der Waals surface area contributed by atoms with Gasteiger partial charge in [0.2, 0.25) is 0 Å². The lowest BCUT2D eigenvalue weighted by Gasteiger charge is -2.12. The first-order valence-electron chi connectivity index (χ1n) is 6.59. The van der Waals surface area contributed by atoms with Gasteiger partial charge in [-0.2, -0.15) is 0 Å². The molecule has 0 amide bonds. The van der Waals surface area contributed by atoms with E-state index < -0.39 is 0 Å². The third-order valence-electron chi connectivity index (χ3n) is 3.75. The van der Waals surface area contributed by atoms with E-state index in [1.807, 2.05) is 19.6 Å². The Morgan fingerprint density at radius 3 is 2.61 bits per heavy atom. The van der Waals surface area contributed by atoms with Crippen LogP contribution in [-0.2, 0) is 0 Å². The van der Waals surface area contributed by atoms with Crippen molar-refractivity contribution in [2.75, 3.05) is 7.05 Å². The Kier molecular flexibility index (Phi) is 2.92. The highest BCUT2D eigenvalue weighted by molar-refractivity contribution is 5.59. The smallest absolute Gasteiger partial charge is 0.0953 e. The third-order valence-corrected chi connectivity index (χ3v) is 3.75. The largest absolute Gasteiger partial charge is 0.328 e. The third kappa shape index (κ3) is 2.06. The lowest BCUT2D eigenvalue weighted by atomic mass is 10.0. The second-order valence-corrected chi connectivity index (χ2v) is 5.05. The number of nitrogens with zero attached hydrogens (tertiary/aromatic N) is 2. The zero-order chi connectivity index (χ0) is 12.5. The molecule has 1 saturated carbocycles. The Labute approximate surface area is 108 Å². The molecule has 1 aliphatic carbocycles. The number of rotatable bonds is 4. The fourth-order valence-electron chi connectivity index (χ4n) is 2.28. The van der Waals surface area contributed by atoms with Crippen LogP contribution in [0.4, 0.5) is 0 Å². The van der Waals surface area contributed by atoms with Gasteiger partial charge >= 0.3 is 0 Å². The van der Waals surface area contributed by atoms with Crippen LogP contribution in [0.15, 0.2) is 36.8 Å². The quantitative estimate of drug-likeness (QED) is 0.891. The van der Waals surface area contributed by atoms with Crippen molar-refractivity contribution in [3.05, 3.63) is 42.4 Å². The summed E-state index contributed by atoms with van der Waals surface area (Å²) in [6.07, 6.45) is 6.50. The van der Waals surface area contributed by atoms with Crippen LogP contribution in [0.1, 0.15) is 37.4 Å². The van der Waals surface area contributed by atoms with Gasteiger partial charge in [-0.1, -0.05) is 24.3 Å². The summed E-state index contributed by atoms with van der Waals surface area (Å²) < 4.78 is 2.30. The summed E-state index contributed by atoms with van der Waals surface area (Å²) in [4.78, 5) is 4.28. The van der Waals surface area contributed by atoms with Crippen LogP contribution in [0.3, 0.4) is 0 Å². The van der Waals surface area contributed by atoms with E-state index in [1.54, 1.807) is 0 Å². The maximum Gasteiger partial charge on any atom is 0.0953 e. The maximum absolute atomic E-state index is 4.28. The van der Waals surface area contributed by atoms with Gasteiger partial charge in [0, 0.05) is 12.1 Å². The predicted octanol–water partition coefficient (Wildman–Crippen LogP) is 3.17. The van der Waals surface area contributed by atoms with E-state index in [9.17, 15) is 0 Å². The average molecular weight is 241 g/mol. The highest BCUT2D eigenvalue weighted by atomic mass is 15.1. The van der Waals surface area contributed by atoms with Crippen molar-refractivity contribution in [1.29, 1.82) is 0 Å². The normalized spacial score (nSPS) is 16.8. The van der Waals surface area contributed by atoms with E-state index in [-0.39, 0.29) is 0 Å². The molecule has 3 heteroatoms. The summed E-state index contributed by atoms with van der Waals surface area (Å²) in [5.41, 5.74) is 3.81. The second-order valence-electron chi connectivity index (χ2n) is 5.05. The lowest BCUT2D eigenvalue weighted by molar-refractivity contribution is 0.652. The molecule has 1 aromatic carbocycles. The number of imidazole rings is 1. The average Bonchev–Trinajstić information content (AvgIpc) is 3.15.